The molecule has 0 bridgehead atoms. The molecule has 0 amide bonds. The van der Waals surface area contributed by atoms with Gasteiger partial charge in [-0.3, -0.25) is 0 Å². The fourth-order valence-corrected chi connectivity index (χ4v) is 5.70. The third kappa shape index (κ3) is 2.31. The van der Waals surface area contributed by atoms with E-state index >= 15 is 0 Å². The highest BCUT2D eigenvalue weighted by molar-refractivity contribution is 7.26. The van der Waals surface area contributed by atoms with Gasteiger partial charge in [0.15, 0.2) is 0 Å². The van der Waals surface area contributed by atoms with Crippen molar-refractivity contribution in [3.63, 3.8) is 0 Å². The van der Waals surface area contributed by atoms with Gasteiger partial charge in [-0.25, -0.2) is 0 Å². The second kappa shape index (κ2) is 5.61. The van der Waals surface area contributed by atoms with Crippen LogP contribution in [-0.2, 0) is 12.8 Å². The van der Waals surface area contributed by atoms with Crippen LogP contribution in [0.15, 0.2) is 35.0 Å². The van der Waals surface area contributed by atoms with Gasteiger partial charge in [-0.15, -0.1) is 34.0 Å². The van der Waals surface area contributed by atoms with E-state index in [2.05, 4.69) is 48.9 Å². The molecule has 0 nitrogen and oxygen atoms in total. The lowest BCUT2D eigenvalue weighted by Crippen LogP contribution is -1.88. The zero-order chi connectivity index (χ0) is 13.2. The largest absolute Gasteiger partial charge is 0.143 e. The Labute approximate surface area is 126 Å². The molecule has 0 aliphatic carbocycles. The molecule has 3 aromatic rings. The van der Waals surface area contributed by atoms with Crippen molar-refractivity contribution in [2.24, 2.45) is 0 Å². The van der Waals surface area contributed by atoms with Gasteiger partial charge in [-0.1, -0.05) is 26.0 Å². The standard InChI is InChI=1S/C16H16S3/c1-3-11-12(4-2)16(14-8-6-10-18-14)19-15(11)13-7-5-9-17-13/h5-10H,3-4H2,1-2H3. The maximum absolute atomic E-state index is 2.27. The van der Waals surface area contributed by atoms with Crippen LogP contribution in [0.1, 0.15) is 25.0 Å². The Balaban J connectivity index is 2.21. The van der Waals surface area contributed by atoms with Crippen molar-refractivity contribution in [2.75, 3.05) is 0 Å². The first-order valence-corrected chi connectivity index (χ1v) is 9.15. The molecule has 0 atom stereocenters. The molecule has 3 heteroatoms. The summed E-state index contributed by atoms with van der Waals surface area (Å²) in [6.45, 7) is 4.55. The third-order valence-corrected chi connectivity index (χ3v) is 6.69. The van der Waals surface area contributed by atoms with Gasteiger partial charge in [0.2, 0.25) is 0 Å². The van der Waals surface area contributed by atoms with E-state index in [1.807, 2.05) is 34.0 Å². The van der Waals surface area contributed by atoms with Crippen molar-refractivity contribution in [2.45, 2.75) is 26.7 Å². The maximum atomic E-state index is 2.27. The van der Waals surface area contributed by atoms with Crippen molar-refractivity contribution in [3.8, 4) is 19.5 Å². The van der Waals surface area contributed by atoms with E-state index in [9.17, 15) is 0 Å². The summed E-state index contributed by atoms with van der Waals surface area (Å²) in [5, 5.41) is 4.34. The minimum Gasteiger partial charge on any atom is -0.143 e. The van der Waals surface area contributed by atoms with E-state index in [4.69, 9.17) is 0 Å². The van der Waals surface area contributed by atoms with Crippen LogP contribution in [0.3, 0.4) is 0 Å². The van der Waals surface area contributed by atoms with E-state index in [1.165, 1.54) is 19.5 Å². The van der Waals surface area contributed by atoms with Crippen molar-refractivity contribution in [1.82, 2.24) is 0 Å². The summed E-state index contributed by atoms with van der Waals surface area (Å²) >= 11 is 5.67. The molecule has 19 heavy (non-hydrogen) atoms. The van der Waals surface area contributed by atoms with Gasteiger partial charge in [-0.05, 0) is 46.9 Å². The van der Waals surface area contributed by atoms with Crippen LogP contribution in [0.2, 0.25) is 0 Å². The SMILES string of the molecule is CCc1c(-c2cccs2)sc(-c2cccs2)c1CC. The summed E-state index contributed by atoms with van der Waals surface area (Å²) in [6.07, 6.45) is 2.25. The molecule has 0 radical (unpaired) electrons. The quantitative estimate of drug-likeness (QED) is 0.528. The van der Waals surface area contributed by atoms with Crippen molar-refractivity contribution in [3.05, 3.63) is 46.2 Å². The van der Waals surface area contributed by atoms with Crippen LogP contribution in [-0.4, -0.2) is 0 Å². The van der Waals surface area contributed by atoms with E-state index in [0.29, 0.717) is 0 Å². The molecule has 0 aromatic carbocycles. The van der Waals surface area contributed by atoms with Gasteiger partial charge in [-0.2, -0.15) is 0 Å². The van der Waals surface area contributed by atoms with Crippen LogP contribution in [0.5, 0.6) is 0 Å². The highest BCUT2D eigenvalue weighted by Gasteiger charge is 2.18. The molecule has 98 valence electrons. The maximum Gasteiger partial charge on any atom is 0.0484 e. The number of hydrogen-bond acceptors (Lipinski definition) is 3. The molecular weight excluding hydrogens is 288 g/mol. The van der Waals surface area contributed by atoms with Gasteiger partial charge < -0.3 is 0 Å². The van der Waals surface area contributed by atoms with E-state index < -0.39 is 0 Å². The molecule has 0 saturated carbocycles. The fourth-order valence-electron chi connectivity index (χ4n) is 2.46. The van der Waals surface area contributed by atoms with E-state index in [1.54, 1.807) is 11.1 Å². The van der Waals surface area contributed by atoms with Crippen LogP contribution < -0.4 is 0 Å². The third-order valence-electron chi connectivity index (χ3n) is 3.31. The highest BCUT2D eigenvalue weighted by atomic mass is 32.1. The van der Waals surface area contributed by atoms with E-state index in [-0.39, 0.29) is 0 Å². The fraction of sp³-hybridized carbons (Fsp3) is 0.250. The first kappa shape index (κ1) is 13.1. The second-order valence-corrected chi connectivity index (χ2v) is 7.30. The summed E-state index contributed by atoms with van der Waals surface area (Å²) in [6, 6.07) is 8.78. The Morgan fingerprint density at radius 2 is 1.26 bits per heavy atom. The number of hydrogen-bond donors (Lipinski definition) is 0. The summed E-state index contributed by atoms with van der Waals surface area (Å²) in [7, 11) is 0. The van der Waals surface area contributed by atoms with Crippen LogP contribution in [0.25, 0.3) is 19.5 Å². The number of thiophene rings is 3. The summed E-state index contributed by atoms with van der Waals surface area (Å²) < 4.78 is 0. The molecule has 0 N–H and O–H groups in total. The molecule has 0 aliphatic rings. The smallest absolute Gasteiger partial charge is 0.0484 e. The monoisotopic (exact) mass is 304 g/mol. The second-order valence-electron chi connectivity index (χ2n) is 4.38. The van der Waals surface area contributed by atoms with Crippen LogP contribution >= 0.6 is 34.0 Å². The molecule has 3 aromatic heterocycles. The van der Waals surface area contributed by atoms with Crippen LogP contribution in [0, 0.1) is 0 Å². The highest BCUT2D eigenvalue weighted by Crippen LogP contribution is 2.45. The average Bonchev–Trinajstić information content (AvgIpc) is 3.16. The van der Waals surface area contributed by atoms with Gasteiger partial charge in [0.05, 0.1) is 0 Å². The average molecular weight is 305 g/mol. The Kier molecular flexibility index (Phi) is 3.87. The van der Waals surface area contributed by atoms with E-state index in [0.717, 1.165) is 12.8 Å². The van der Waals surface area contributed by atoms with Crippen molar-refractivity contribution in [1.29, 1.82) is 0 Å². The zero-order valence-electron chi connectivity index (χ0n) is 11.1. The van der Waals surface area contributed by atoms with Gasteiger partial charge in [0.25, 0.3) is 0 Å². The Bertz CT molecular complexity index is 586. The summed E-state index contributed by atoms with van der Waals surface area (Å²) in [5.74, 6) is 0. The van der Waals surface area contributed by atoms with Crippen molar-refractivity contribution >= 4 is 34.0 Å². The molecule has 3 heterocycles. The van der Waals surface area contributed by atoms with Gasteiger partial charge >= 0.3 is 0 Å². The predicted molar refractivity (Wildman–Crippen MR) is 89.7 cm³/mol. The van der Waals surface area contributed by atoms with Crippen molar-refractivity contribution < 1.29 is 0 Å². The molecule has 0 aliphatic heterocycles. The molecular formula is C16H16S3. The molecule has 3 rings (SSSR count). The minimum absolute atomic E-state index is 1.12. The lowest BCUT2D eigenvalue weighted by Gasteiger charge is -2.03. The molecule has 0 unspecified atom stereocenters. The summed E-state index contributed by atoms with van der Waals surface area (Å²) in [5.41, 5.74) is 3.11. The molecule has 0 fully saturated rings. The molecule has 0 saturated heterocycles. The lowest BCUT2D eigenvalue weighted by molar-refractivity contribution is 1.06. The first-order chi connectivity index (χ1) is 9.35. The van der Waals surface area contributed by atoms with Gasteiger partial charge in [0, 0.05) is 19.5 Å². The van der Waals surface area contributed by atoms with Gasteiger partial charge in [0.1, 0.15) is 0 Å². The first-order valence-electron chi connectivity index (χ1n) is 6.57. The number of rotatable bonds is 4. The normalized spacial score (nSPS) is 11.1. The Hall–Kier alpha value is -0.900. The Morgan fingerprint density at radius 3 is 1.58 bits per heavy atom. The predicted octanol–water partition coefficient (Wildman–Crippen LogP) is 6.33. The summed E-state index contributed by atoms with van der Waals surface area (Å²) in [4.78, 5) is 5.80. The van der Waals surface area contributed by atoms with Crippen LogP contribution in [0.4, 0.5) is 0 Å². The lowest BCUT2D eigenvalue weighted by atomic mass is 10.0. The topological polar surface area (TPSA) is 0 Å². The minimum atomic E-state index is 1.12. The Morgan fingerprint density at radius 1 is 0.789 bits per heavy atom. The molecule has 0 spiro atoms. The zero-order valence-corrected chi connectivity index (χ0v) is 13.6.